The maximum atomic E-state index is 8.65. The standard InChI is InChI=1S/C7H13NO2/c1-4-7(5-8,10-3)6-9-2/h4,6H2,1-3H3. The summed E-state index contributed by atoms with van der Waals surface area (Å²) >= 11 is 0. The van der Waals surface area contributed by atoms with Crippen LogP contribution >= 0.6 is 0 Å². The summed E-state index contributed by atoms with van der Waals surface area (Å²) in [6, 6.07) is 2.07. The second kappa shape index (κ2) is 4.26. The van der Waals surface area contributed by atoms with E-state index in [1.165, 1.54) is 7.11 Å². The summed E-state index contributed by atoms with van der Waals surface area (Å²) in [4.78, 5) is 0. The Kier molecular flexibility index (Phi) is 4.01. The Morgan fingerprint density at radius 2 is 2.10 bits per heavy atom. The van der Waals surface area contributed by atoms with Crippen molar-refractivity contribution in [2.24, 2.45) is 0 Å². The molecule has 0 aliphatic carbocycles. The molecule has 0 radical (unpaired) electrons. The number of hydrogen-bond donors (Lipinski definition) is 0. The van der Waals surface area contributed by atoms with Gasteiger partial charge in [-0.05, 0) is 6.42 Å². The number of nitrogens with zero attached hydrogens (tertiary/aromatic N) is 1. The van der Waals surface area contributed by atoms with E-state index in [1.807, 2.05) is 6.92 Å². The van der Waals surface area contributed by atoms with Gasteiger partial charge in [-0.15, -0.1) is 0 Å². The van der Waals surface area contributed by atoms with Crippen molar-refractivity contribution >= 4 is 0 Å². The van der Waals surface area contributed by atoms with Crippen LogP contribution in [0.25, 0.3) is 0 Å². The first-order valence-electron chi connectivity index (χ1n) is 3.20. The van der Waals surface area contributed by atoms with Gasteiger partial charge in [0, 0.05) is 14.2 Å². The third kappa shape index (κ3) is 1.98. The van der Waals surface area contributed by atoms with E-state index in [1.54, 1.807) is 7.11 Å². The normalized spacial score (nSPS) is 15.8. The quantitative estimate of drug-likeness (QED) is 0.588. The van der Waals surface area contributed by atoms with Crippen LogP contribution < -0.4 is 0 Å². The van der Waals surface area contributed by atoms with Crippen molar-refractivity contribution in [1.29, 1.82) is 5.26 Å². The number of rotatable bonds is 4. The van der Waals surface area contributed by atoms with Crippen LogP contribution in [0, 0.1) is 11.3 Å². The summed E-state index contributed by atoms with van der Waals surface area (Å²) < 4.78 is 9.82. The van der Waals surface area contributed by atoms with Gasteiger partial charge in [-0.25, -0.2) is 0 Å². The number of nitriles is 1. The molecule has 0 aromatic carbocycles. The van der Waals surface area contributed by atoms with Crippen LogP contribution in [0.5, 0.6) is 0 Å². The summed E-state index contributed by atoms with van der Waals surface area (Å²) in [5, 5.41) is 8.65. The number of ether oxygens (including phenoxy) is 2. The fourth-order valence-electron chi connectivity index (χ4n) is 0.695. The average Bonchev–Trinajstić information content (AvgIpc) is 2.01. The molecule has 0 aliphatic rings. The second-order valence-electron chi connectivity index (χ2n) is 2.10. The topological polar surface area (TPSA) is 42.2 Å². The van der Waals surface area contributed by atoms with E-state index in [-0.39, 0.29) is 0 Å². The third-order valence-electron chi connectivity index (χ3n) is 1.54. The van der Waals surface area contributed by atoms with Crippen LogP contribution in [-0.4, -0.2) is 26.4 Å². The van der Waals surface area contributed by atoms with Crippen LogP contribution in [0.15, 0.2) is 0 Å². The lowest BCUT2D eigenvalue weighted by molar-refractivity contribution is -0.0256. The molecule has 0 aromatic heterocycles. The highest BCUT2D eigenvalue weighted by molar-refractivity contribution is 5.00. The highest BCUT2D eigenvalue weighted by atomic mass is 16.5. The molecule has 0 aromatic rings. The third-order valence-corrected chi connectivity index (χ3v) is 1.54. The van der Waals surface area contributed by atoms with Crippen molar-refractivity contribution in [3.05, 3.63) is 0 Å². The summed E-state index contributed by atoms with van der Waals surface area (Å²) in [6.07, 6.45) is 0.647. The molecule has 0 rings (SSSR count). The molecular formula is C7H13NO2. The Hall–Kier alpha value is -0.590. The molecule has 0 saturated carbocycles. The average molecular weight is 143 g/mol. The van der Waals surface area contributed by atoms with E-state index in [4.69, 9.17) is 14.7 Å². The molecule has 3 heteroatoms. The van der Waals surface area contributed by atoms with Gasteiger partial charge in [0.25, 0.3) is 0 Å². The van der Waals surface area contributed by atoms with E-state index in [9.17, 15) is 0 Å². The Bertz CT molecular complexity index is 124. The fourth-order valence-corrected chi connectivity index (χ4v) is 0.695. The molecule has 0 heterocycles. The number of methoxy groups -OCH3 is 2. The van der Waals surface area contributed by atoms with Gasteiger partial charge in [-0.1, -0.05) is 6.92 Å². The van der Waals surface area contributed by atoms with Gasteiger partial charge in [0.2, 0.25) is 0 Å². The molecule has 0 spiro atoms. The van der Waals surface area contributed by atoms with Gasteiger partial charge >= 0.3 is 0 Å². The predicted octanol–water partition coefficient (Wildman–Crippen LogP) is 0.952. The predicted molar refractivity (Wildman–Crippen MR) is 37.5 cm³/mol. The molecule has 0 saturated heterocycles. The van der Waals surface area contributed by atoms with E-state index >= 15 is 0 Å². The summed E-state index contributed by atoms with van der Waals surface area (Å²) in [5.41, 5.74) is -0.741. The van der Waals surface area contributed by atoms with Gasteiger partial charge in [-0.2, -0.15) is 5.26 Å². The minimum Gasteiger partial charge on any atom is -0.381 e. The fraction of sp³-hybridized carbons (Fsp3) is 0.857. The van der Waals surface area contributed by atoms with Crippen LogP contribution in [0.4, 0.5) is 0 Å². The molecule has 58 valence electrons. The smallest absolute Gasteiger partial charge is 0.176 e. The van der Waals surface area contributed by atoms with Crippen molar-refractivity contribution in [2.45, 2.75) is 18.9 Å². The Labute approximate surface area is 61.5 Å². The van der Waals surface area contributed by atoms with Crippen LogP contribution in [0.3, 0.4) is 0 Å². The number of hydrogen-bond acceptors (Lipinski definition) is 3. The molecule has 0 aliphatic heterocycles. The molecule has 1 atom stereocenters. The largest absolute Gasteiger partial charge is 0.381 e. The molecular weight excluding hydrogens is 130 g/mol. The summed E-state index contributed by atoms with van der Waals surface area (Å²) in [6.45, 7) is 2.22. The molecule has 3 nitrogen and oxygen atoms in total. The summed E-state index contributed by atoms with van der Waals surface area (Å²) in [5.74, 6) is 0. The lowest BCUT2D eigenvalue weighted by atomic mass is 10.0. The van der Waals surface area contributed by atoms with Crippen molar-refractivity contribution in [3.8, 4) is 6.07 Å². The Morgan fingerprint density at radius 3 is 2.20 bits per heavy atom. The molecule has 10 heavy (non-hydrogen) atoms. The first-order chi connectivity index (χ1) is 4.74. The first-order valence-corrected chi connectivity index (χ1v) is 3.20. The van der Waals surface area contributed by atoms with Crippen molar-refractivity contribution in [2.75, 3.05) is 20.8 Å². The highest BCUT2D eigenvalue weighted by Gasteiger charge is 2.26. The molecule has 0 N–H and O–H groups in total. The molecule has 0 bridgehead atoms. The van der Waals surface area contributed by atoms with Crippen molar-refractivity contribution < 1.29 is 9.47 Å². The minimum absolute atomic E-state index is 0.330. The Morgan fingerprint density at radius 1 is 1.50 bits per heavy atom. The lowest BCUT2D eigenvalue weighted by Crippen LogP contribution is -2.33. The zero-order valence-electron chi connectivity index (χ0n) is 6.68. The van der Waals surface area contributed by atoms with Gasteiger partial charge in [0.05, 0.1) is 6.61 Å². The van der Waals surface area contributed by atoms with Gasteiger partial charge in [0.1, 0.15) is 6.07 Å². The SMILES string of the molecule is CCC(C#N)(COC)OC. The van der Waals surface area contributed by atoms with E-state index in [2.05, 4.69) is 6.07 Å². The maximum absolute atomic E-state index is 8.65. The van der Waals surface area contributed by atoms with E-state index in [0.29, 0.717) is 13.0 Å². The van der Waals surface area contributed by atoms with Gasteiger partial charge < -0.3 is 9.47 Å². The monoisotopic (exact) mass is 143 g/mol. The van der Waals surface area contributed by atoms with Crippen LogP contribution in [0.2, 0.25) is 0 Å². The minimum atomic E-state index is -0.741. The Balaban J connectivity index is 4.05. The zero-order valence-corrected chi connectivity index (χ0v) is 6.68. The zero-order chi connectivity index (χ0) is 8.04. The first kappa shape index (κ1) is 9.41. The molecule has 0 fully saturated rings. The highest BCUT2D eigenvalue weighted by Crippen LogP contribution is 2.13. The molecule has 0 amide bonds. The molecule has 1 unspecified atom stereocenters. The van der Waals surface area contributed by atoms with E-state index in [0.717, 1.165) is 0 Å². The van der Waals surface area contributed by atoms with Crippen LogP contribution in [-0.2, 0) is 9.47 Å². The maximum Gasteiger partial charge on any atom is 0.176 e. The summed E-state index contributed by atoms with van der Waals surface area (Å²) in [7, 11) is 3.08. The second-order valence-corrected chi connectivity index (χ2v) is 2.10. The van der Waals surface area contributed by atoms with Crippen molar-refractivity contribution in [1.82, 2.24) is 0 Å². The van der Waals surface area contributed by atoms with E-state index < -0.39 is 5.60 Å². The van der Waals surface area contributed by atoms with Crippen LogP contribution in [0.1, 0.15) is 13.3 Å². The van der Waals surface area contributed by atoms with Gasteiger partial charge in [-0.3, -0.25) is 0 Å². The van der Waals surface area contributed by atoms with Crippen molar-refractivity contribution in [3.63, 3.8) is 0 Å². The lowest BCUT2D eigenvalue weighted by Gasteiger charge is -2.21. The van der Waals surface area contributed by atoms with Gasteiger partial charge in [0.15, 0.2) is 5.60 Å².